The maximum atomic E-state index is 13.5. The molecule has 2 aromatic carbocycles. The number of hydrogen-bond acceptors (Lipinski definition) is 6. The minimum atomic E-state index is -0.351. The van der Waals surface area contributed by atoms with Crippen molar-refractivity contribution in [3.05, 3.63) is 71.5 Å². The van der Waals surface area contributed by atoms with E-state index >= 15 is 0 Å². The predicted molar refractivity (Wildman–Crippen MR) is 93.8 cm³/mol. The summed E-state index contributed by atoms with van der Waals surface area (Å²) in [5, 5.41) is 12.4. The molecule has 0 aliphatic carbocycles. The second-order valence-electron chi connectivity index (χ2n) is 4.84. The van der Waals surface area contributed by atoms with Crippen LogP contribution in [-0.4, -0.2) is 21.1 Å². The van der Waals surface area contributed by atoms with Crippen LogP contribution >= 0.6 is 11.8 Å². The van der Waals surface area contributed by atoms with Crippen LogP contribution < -0.4 is 11.3 Å². The highest BCUT2D eigenvalue weighted by Gasteiger charge is 2.09. The monoisotopic (exact) mass is 342 g/mol. The molecular formula is C16H15FN6S. The molecule has 3 rings (SSSR count). The molecule has 24 heavy (non-hydrogen) atoms. The van der Waals surface area contributed by atoms with E-state index in [1.165, 1.54) is 28.7 Å². The fourth-order valence-corrected chi connectivity index (χ4v) is 2.73. The van der Waals surface area contributed by atoms with Crippen molar-refractivity contribution in [3.63, 3.8) is 0 Å². The van der Waals surface area contributed by atoms with E-state index in [4.69, 9.17) is 5.84 Å². The number of nitrogens with zero attached hydrogens (tertiary/aromatic N) is 4. The van der Waals surface area contributed by atoms with Gasteiger partial charge in [-0.1, -0.05) is 60.3 Å². The molecule has 0 unspecified atom stereocenters. The van der Waals surface area contributed by atoms with Crippen LogP contribution in [0.3, 0.4) is 0 Å². The summed E-state index contributed by atoms with van der Waals surface area (Å²) in [5.41, 5.74) is 4.19. The van der Waals surface area contributed by atoms with Crippen LogP contribution in [0.4, 0.5) is 10.3 Å². The Labute approximate surface area is 142 Å². The number of thioether (sulfide) groups is 1. The summed E-state index contributed by atoms with van der Waals surface area (Å²) < 4.78 is 14.8. The number of aromatic nitrogens is 3. The lowest BCUT2D eigenvalue weighted by atomic mass is 10.2. The smallest absolute Gasteiger partial charge is 0.264 e. The highest BCUT2D eigenvalue weighted by molar-refractivity contribution is 7.98. The number of anilines is 1. The van der Waals surface area contributed by atoms with E-state index in [9.17, 15) is 4.39 Å². The van der Waals surface area contributed by atoms with Gasteiger partial charge in [0, 0.05) is 11.3 Å². The number of hydrazone groups is 1. The second-order valence-corrected chi connectivity index (χ2v) is 5.78. The Hall–Kier alpha value is -2.87. The molecule has 122 valence electrons. The highest BCUT2D eigenvalue weighted by Crippen LogP contribution is 2.21. The number of halogens is 1. The number of rotatable bonds is 6. The van der Waals surface area contributed by atoms with E-state index in [0.29, 0.717) is 10.7 Å². The van der Waals surface area contributed by atoms with Gasteiger partial charge < -0.3 is 5.84 Å². The minimum Gasteiger partial charge on any atom is -0.334 e. The molecule has 0 saturated carbocycles. The number of nitrogen functional groups attached to an aromatic ring is 1. The summed E-state index contributed by atoms with van der Waals surface area (Å²) >= 11 is 1.47. The molecule has 3 N–H and O–H groups in total. The number of hydrogen-bond donors (Lipinski definition) is 2. The second kappa shape index (κ2) is 7.60. The molecule has 0 radical (unpaired) electrons. The van der Waals surface area contributed by atoms with Gasteiger partial charge in [0.2, 0.25) is 5.16 Å². The van der Waals surface area contributed by atoms with Crippen molar-refractivity contribution >= 4 is 23.9 Å². The van der Waals surface area contributed by atoms with Crippen LogP contribution in [0.2, 0.25) is 0 Å². The Bertz CT molecular complexity index is 834. The van der Waals surface area contributed by atoms with E-state index in [2.05, 4.69) is 20.7 Å². The van der Waals surface area contributed by atoms with E-state index in [1.54, 1.807) is 18.2 Å². The maximum Gasteiger partial charge on any atom is 0.264 e. The largest absolute Gasteiger partial charge is 0.334 e. The lowest BCUT2D eigenvalue weighted by Crippen LogP contribution is -2.13. The zero-order chi connectivity index (χ0) is 16.8. The van der Waals surface area contributed by atoms with Crippen molar-refractivity contribution in [2.45, 2.75) is 10.9 Å². The number of benzene rings is 2. The molecule has 0 aliphatic rings. The first-order valence-corrected chi connectivity index (χ1v) is 8.13. The quantitative estimate of drug-likeness (QED) is 0.312. The predicted octanol–water partition coefficient (Wildman–Crippen LogP) is 2.87. The molecule has 1 aromatic heterocycles. The van der Waals surface area contributed by atoms with Gasteiger partial charge in [-0.05, 0) is 11.6 Å². The van der Waals surface area contributed by atoms with Crippen molar-refractivity contribution in [2.24, 2.45) is 5.10 Å². The van der Waals surface area contributed by atoms with E-state index in [-0.39, 0.29) is 11.8 Å². The molecule has 0 aliphatic heterocycles. The summed E-state index contributed by atoms with van der Waals surface area (Å²) in [6.45, 7) is 0. The Morgan fingerprint density at radius 2 is 1.88 bits per heavy atom. The first-order chi connectivity index (χ1) is 11.7. The molecule has 1 heterocycles. The molecule has 3 aromatic rings. The molecular weight excluding hydrogens is 327 g/mol. The van der Waals surface area contributed by atoms with Crippen LogP contribution in [0.25, 0.3) is 0 Å². The fourth-order valence-electron chi connectivity index (χ4n) is 1.91. The highest BCUT2D eigenvalue weighted by atomic mass is 32.2. The summed E-state index contributed by atoms with van der Waals surface area (Å²) in [6, 6.07) is 16.3. The topological polar surface area (TPSA) is 81.1 Å². The molecule has 0 atom stereocenters. The Morgan fingerprint density at radius 3 is 2.67 bits per heavy atom. The van der Waals surface area contributed by atoms with Crippen LogP contribution in [0, 0.1) is 5.82 Å². The average Bonchev–Trinajstić information content (AvgIpc) is 2.96. The Morgan fingerprint density at radius 1 is 1.12 bits per heavy atom. The Kier molecular flexibility index (Phi) is 5.07. The van der Waals surface area contributed by atoms with Gasteiger partial charge in [-0.15, -0.1) is 10.2 Å². The molecule has 8 heteroatoms. The summed E-state index contributed by atoms with van der Waals surface area (Å²) in [7, 11) is 0. The lowest BCUT2D eigenvalue weighted by Gasteiger charge is -2.03. The van der Waals surface area contributed by atoms with Crippen LogP contribution in [0.5, 0.6) is 0 Å². The molecule has 0 bridgehead atoms. The average molecular weight is 342 g/mol. The molecule has 6 nitrogen and oxygen atoms in total. The molecule has 0 amide bonds. The minimum absolute atomic E-state index is 0.276. The van der Waals surface area contributed by atoms with Crippen molar-refractivity contribution in [3.8, 4) is 0 Å². The van der Waals surface area contributed by atoms with E-state index in [1.807, 2.05) is 30.3 Å². The standard InChI is InChI=1S/C16H15FN6S/c17-14-9-5-4-8-13(14)10-19-20-15-21-22-16(23(15)18)24-11-12-6-2-1-3-7-12/h1-10H,11,18H2,(H,20,21)/b19-10+. The number of nitrogens with one attached hydrogen (secondary N) is 1. The van der Waals surface area contributed by atoms with Gasteiger partial charge >= 0.3 is 0 Å². The third-order valence-electron chi connectivity index (χ3n) is 3.15. The van der Waals surface area contributed by atoms with Gasteiger partial charge in [0.25, 0.3) is 5.95 Å². The van der Waals surface area contributed by atoms with Crippen molar-refractivity contribution in [1.29, 1.82) is 0 Å². The van der Waals surface area contributed by atoms with Crippen LogP contribution in [-0.2, 0) is 5.75 Å². The third-order valence-corrected chi connectivity index (χ3v) is 4.16. The van der Waals surface area contributed by atoms with Gasteiger partial charge in [0.15, 0.2) is 0 Å². The first kappa shape index (κ1) is 16.0. The van der Waals surface area contributed by atoms with E-state index in [0.717, 1.165) is 11.3 Å². The summed E-state index contributed by atoms with van der Waals surface area (Å²) in [4.78, 5) is 0. The zero-order valence-corrected chi connectivity index (χ0v) is 13.4. The van der Waals surface area contributed by atoms with Crippen molar-refractivity contribution in [1.82, 2.24) is 14.9 Å². The fraction of sp³-hybridized carbons (Fsp3) is 0.0625. The Balaban J connectivity index is 1.61. The third kappa shape index (κ3) is 3.90. The summed E-state index contributed by atoms with van der Waals surface area (Å²) in [5.74, 6) is 6.59. The SMILES string of the molecule is Nn1c(N/N=C/c2ccccc2F)nnc1SCc1ccccc1. The first-order valence-electron chi connectivity index (χ1n) is 7.15. The molecule has 0 saturated heterocycles. The molecule has 0 spiro atoms. The van der Waals surface area contributed by atoms with Crippen molar-refractivity contribution in [2.75, 3.05) is 11.3 Å². The van der Waals surface area contributed by atoms with Crippen LogP contribution in [0.1, 0.15) is 11.1 Å². The van der Waals surface area contributed by atoms with Gasteiger partial charge in [-0.2, -0.15) is 5.10 Å². The van der Waals surface area contributed by atoms with Crippen molar-refractivity contribution < 1.29 is 4.39 Å². The molecule has 0 fully saturated rings. The van der Waals surface area contributed by atoms with E-state index < -0.39 is 0 Å². The van der Waals surface area contributed by atoms with Gasteiger partial charge in [0.1, 0.15) is 5.82 Å². The van der Waals surface area contributed by atoms with Gasteiger partial charge in [-0.25, -0.2) is 14.5 Å². The normalized spacial score (nSPS) is 11.0. The van der Waals surface area contributed by atoms with Gasteiger partial charge in [0.05, 0.1) is 6.21 Å². The van der Waals surface area contributed by atoms with Crippen LogP contribution in [0.15, 0.2) is 64.9 Å². The zero-order valence-electron chi connectivity index (χ0n) is 12.6. The van der Waals surface area contributed by atoms with Gasteiger partial charge in [-0.3, -0.25) is 0 Å². The lowest BCUT2D eigenvalue weighted by molar-refractivity contribution is 0.626. The summed E-state index contributed by atoms with van der Waals surface area (Å²) in [6.07, 6.45) is 1.36. The maximum absolute atomic E-state index is 13.5. The number of nitrogens with two attached hydrogens (primary N) is 1.